The van der Waals surface area contributed by atoms with Crippen molar-refractivity contribution in [1.29, 1.82) is 0 Å². The van der Waals surface area contributed by atoms with Crippen molar-refractivity contribution in [2.24, 2.45) is 0 Å². The Morgan fingerprint density at radius 3 is 2.33 bits per heavy atom. The summed E-state index contributed by atoms with van der Waals surface area (Å²) < 4.78 is 0. The minimum absolute atomic E-state index is 0.0585. The molecule has 1 heterocycles. The maximum absolute atomic E-state index is 11.8. The Kier molecular flexibility index (Phi) is 5.39. The lowest BCUT2D eigenvalue weighted by atomic mass is 10.2. The monoisotopic (exact) mass is 287 g/mol. The highest BCUT2D eigenvalue weighted by molar-refractivity contribution is 5.94. The Hall–Kier alpha value is -1.81. The molecule has 21 heavy (non-hydrogen) atoms. The van der Waals surface area contributed by atoms with Gasteiger partial charge in [0.15, 0.2) is 0 Å². The van der Waals surface area contributed by atoms with Crippen molar-refractivity contribution in [3.05, 3.63) is 37.0 Å². The van der Waals surface area contributed by atoms with E-state index in [-0.39, 0.29) is 5.91 Å². The van der Waals surface area contributed by atoms with E-state index in [2.05, 4.69) is 35.6 Å². The Balaban J connectivity index is 2.03. The van der Waals surface area contributed by atoms with Gasteiger partial charge in [0, 0.05) is 31.0 Å². The van der Waals surface area contributed by atoms with Gasteiger partial charge in [0.2, 0.25) is 5.91 Å². The number of hydrogen-bond acceptors (Lipinski definition) is 3. The molecule has 1 amide bonds. The van der Waals surface area contributed by atoms with Gasteiger partial charge in [0.1, 0.15) is 0 Å². The molecule has 1 saturated heterocycles. The first-order valence-electron chi connectivity index (χ1n) is 7.64. The van der Waals surface area contributed by atoms with Crippen LogP contribution in [0.5, 0.6) is 0 Å². The maximum Gasteiger partial charge on any atom is 0.230 e. The van der Waals surface area contributed by atoms with Crippen molar-refractivity contribution in [3.8, 4) is 0 Å². The van der Waals surface area contributed by atoms with E-state index in [1.807, 2.05) is 19.1 Å². The topological polar surface area (TPSA) is 26.8 Å². The van der Waals surface area contributed by atoms with Crippen molar-refractivity contribution in [2.45, 2.75) is 26.2 Å². The zero-order valence-electron chi connectivity index (χ0n) is 13.1. The van der Waals surface area contributed by atoms with Crippen LogP contribution in [0.1, 0.15) is 26.2 Å². The molecule has 1 aliphatic rings. The summed E-state index contributed by atoms with van der Waals surface area (Å²) >= 11 is 0. The van der Waals surface area contributed by atoms with Gasteiger partial charge in [-0.2, -0.15) is 0 Å². The molecule has 4 heteroatoms. The molecule has 1 aliphatic heterocycles. The van der Waals surface area contributed by atoms with Crippen molar-refractivity contribution in [1.82, 2.24) is 4.90 Å². The van der Waals surface area contributed by atoms with Gasteiger partial charge in [-0.1, -0.05) is 13.5 Å². The fourth-order valence-corrected chi connectivity index (χ4v) is 2.69. The van der Waals surface area contributed by atoms with Crippen LogP contribution in [0.2, 0.25) is 0 Å². The molecule has 0 bridgehead atoms. The molecule has 0 aromatic heterocycles. The molecule has 0 radical (unpaired) electrons. The van der Waals surface area contributed by atoms with Crippen LogP contribution in [-0.2, 0) is 4.79 Å². The van der Waals surface area contributed by atoms with Crippen LogP contribution in [0.15, 0.2) is 37.0 Å². The first-order valence-corrected chi connectivity index (χ1v) is 7.64. The lowest BCUT2D eigenvalue weighted by Gasteiger charge is -2.26. The highest BCUT2D eigenvalue weighted by atomic mass is 16.2. The third-order valence-corrected chi connectivity index (χ3v) is 3.93. The number of amides is 1. The molecular weight excluding hydrogens is 262 g/mol. The van der Waals surface area contributed by atoms with Crippen molar-refractivity contribution < 1.29 is 4.79 Å². The van der Waals surface area contributed by atoms with Crippen LogP contribution in [0, 0.1) is 0 Å². The number of likely N-dealkylation sites (tertiary alicyclic amines) is 1. The third-order valence-electron chi connectivity index (χ3n) is 3.93. The van der Waals surface area contributed by atoms with E-state index in [1.165, 1.54) is 31.6 Å². The highest BCUT2D eigenvalue weighted by Gasteiger charge is 2.14. The first-order chi connectivity index (χ1) is 10.2. The first kappa shape index (κ1) is 15.6. The standard InChI is InChI=1S/C17H25N3O/c1-4-17(21)20(5-2)16-10-8-15(9-11-16)18(3)14-19-12-6-7-13-19/h5,8-11H,2,4,6-7,12-14H2,1,3H3. The largest absolute Gasteiger partial charge is 0.362 e. The van der Waals surface area contributed by atoms with Crippen molar-refractivity contribution >= 4 is 17.3 Å². The molecule has 1 aromatic rings. The second kappa shape index (κ2) is 7.27. The number of benzene rings is 1. The molecule has 4 nitrogen and oxygen atoms in total. The number of carbonyl (C=O) groups is 1. The van der Waals surface area contributed by atoms with Crippen LogP contribution in [0.3, 0.4) is 0 Å². The van der Waals surface area contributed by atoms with E-state index < -0.39 is 0 Å². The van der Waals surface area contributed by atoms with Gasteiger partial charge >= 0.3 is 0 Å². The molecule has 0 N–H and O–H groups in total. The van der Waals surface area contributed by atoms with E-state index in [0.717, 1.165) is 12.4 Å². The molecule has 0 unspecified atom stereocenters. The molecule has 1 fully saturated rings. The number of rotatable bonds is 6. The summed E-state index contributed by atoms with van der Waals surface area (Å²) in [5.74, 6) is 0.0585. The lowest BCUT2D eigenvalue weighted by Crippen LogP contribution is -2.33. The number of hydrogen-bond donors (Lipinski definition) is 0. The van der Waals surface area contributed by atoms with Crippen LogP contribution < -0.4 is 9.80 Å². The van der Waals surface area contributed by atoms with Gasteiger partial charge in [-0.15, -0.1) is 0 Å². The van der Waals surface area contributed by atoms with Crippen LogP contribution >= 0.6 is 0 Å². The fraction of sp³-hybridized carbons (Fsp3) is 0.471. The minimum atomic E-state index is 0.0585. The van der Waals surface area contributed by atoms with Crippen LogP contribution in [0.25, 0.3) is 0 Å². The molecular formula is C17H25N3O. The van der Waals surface area contributed by atoms with Crippen LogP contribution in [-0.4, -0.2) is 37.6 Å². The quantitative estimate of drug-likeness (QED) is 0.804. The van der Waals surface area contributed by atoms with Gasteiger partial charge in [-0.3, -0.25) is 14.6 Å². The van der Waals surface area contributed by atoms with E-state index >= 15 is 0 Å². The maximum atomic E-state index is 11.8. The van der Waals surface area contributed by atoms with Crippen molar-refractivity contribution in [2.75, 3.05) is 36.6 Å². The summed E-state index contributed by atoms with van der Waals surface area (Å²) in [7, 11) is 2.11. The zero-order chi connectivity index (χ0) is 15.2. The average molecular weight is 287 g/mol. The predicted molar refractivity (Wildman–Crippen MR) is 88.5 cm³/mol. The van der Waals surface area contributed by atoms with E-state index in [9.17, 15) is 4.79 Å². The second-order valence-corrected chi connectivity index (χ2v) is 5.48. The summed E-state index contributed by atoms with van der Waals surface area (Å²) in [4.78, 5) is 18.1. The molecule has 114 valence electrons. The van der Waals surface area contributed by atoms with E-state index in [1.54, 1.807) is 11.1 Å². The molecule has 0 saturated carbocycles. The molecule has 2 rings (SSSR count). The molecule has 1 aromatic carbocycles. The summed E-state index contributed by atoms with van der Waals surface area (Å²) in [6.07, 6.45) is 4.66. The average Bonchev–Trinajstić information content (AvgIpc) is 3.01. The highest BCUT2D eigenvalue weighted by Crippen LogP contribution is 2.21. The lowest BCUT2D eigenvalue weighted by molar-refractivity contribution is -0.117. The summed E-state index contributed by atoms with van der Waals surface area (Å²) in [6, 6.07) is 8.08. The number of anilines is 2. The Bertz CT molecular complexity index is 477. The number of nitrogens with zero attached hydrogens (tertiary/aromatic N) is 3. The predicted octanol–water partition coefficient (Wildman–Crippen LogP) is 3.06. The molecule has 0 atom stereocenters. The van der Waals surface area contributed by atoms with Gasteiger partial charge in [-0.05, 0) is 50.2 Å². The van der Waals surface area contributed by atoms with Crippen molar-refractivity contribution in [3.63, 3.8) is 0 Å². The van der Waals surface area contributed by atoms with Gasteiger partial charge < -0.3 is 4.90 Å². The minimum Gasteiger partial charge on any atom is -0.362 e. The van der Waals surface area contributed by atoms with Gasteiger partial charge in [0.25, 0.3) is 0 Å². The molecule has 0 spiro atoms. The smallest absolute Gasteiger partial charge is 0.230 e. The fourth-order valence-electron chi connectivity index (χ4n) is 2.69. The van der Waals surface area contributed by atoms with Crippen LogP contribution in [0.4, 0.5) is 11.4 Å². The summed E-state index contributed by atoms with van der Waals surface area (Å²) in [6.45, 7) is 8.92. The SMILES string of the molecule is C=CN(C(=O)CC)c1ccc(N(C)CN2CCCC2)cc1. The Morgan fingerprint density at radius 1 is 1.24 bits per heavy atom. The number of carbonyl (C=O) groups excluding carboxylic acids is 1. The Morgan fingerprint density at radius 2 is 1.81 bits per heavy atom. The Labute approximate surface area is 127 Å². The normalized spacial score (nSPS) is 15.0. The zero-order valence-corrected chi connectivity index (χ0v) is 13.1. The van der Waals surface area contributed by atoms with E-state index in [4.69, 9.17) is 0 Å². The van der Waals surface area contributed by atoms with E-state index in [0.29, 0.717) is 6.42 Å². The summed E-state index contributed by atoms with van der Waals surface area (Å²) in [5, 5.41) is 0. The van der Waals surface area contributed by atoms with Gasteiger partial charge in [-0.25, -0.2) is 0 Å². The molecule has 0 aliphatic carbocycles. The van der Waals surface area contributed by atoms with Gasteiger partial charge in [0.05, 0.1) is 6.67 Å². The summed E-state index contributed by atoms with van der Waals surface area (Å²) in [5.41, 5.74) is 2.04. The second-order valence-electron chi connectivity index (χ2n) is 5.48. The third kappa shape index (κ3) is 3.85.